The number of aromatic nitrogens is 3. The first-order chi connectivity index (χ1) is 11.4. The minimum Gasteiger partial charge on any atom is -0.386 e. The van der Waals surface area contributed by atoms with Crippen molar-refractivity contribution in [1.82, 2.24) is 15.0 Å². The van der Waals surface area contributed by atoms with E-state index in [0.717, 1.165) is 10.7 Å². The molecule has 8 heteroatoms. The average Bonchev–Trinajstić information content (AvgIpc) is 2.57. The molecule has 0 aliphatic carbocycles. The minimum absolute atomic E-state index is 0.281. The van der Waals surface area contributed by atoms with Gasteiger partial charge in [-0.3, -0.25) is 4.79 Å². The summed E-state index contributed by atoms with van der Waals surface area (Å²) in [7, 11) is 0. The van der Waals surface area contributed by atoms with Gasteiger partial charge in [-0.2, -0.15) is 13.2 Å². The van der Waals surface area contributed by atoms with Gasteiger partial charge in [-0.15, -0.1) is 5.10 Å². The molecule has 24 heavy (non-hydrogen) atoms. The molecular formula is C16H12F3N3O2. The molecule has 0 aliphatic rings. The van der Waals surface area contributed by atoms with Gasteiger partial charge in [0, 0.05) is 0 Å². The molecule has 0 amide bonds. The Morgan fingerprint density at radius 2 is 1.75 bits per heavy atom. The number of hydrogen-bond donors (Lipinski definition) is 1. The zero-order valence-electron chi connectivity index (χ0n) is 12.2. The van der Waals surface area contributed by atoms with Crippen molar-refractivity contribution < 1.29 is 18.3 Å². The Labute approximate surface area is 134 Å². The SMILES string of the molecule is O=c1c2ccccc2nnn1C[C@@H](O)c1ccccc1C(F)(F)F. The number of rotatable bonds is 3. The van der Waals surface area contributed by atoms with E-state index in [2.05, 4.69) is 10.3 Å². The van der Waals surface area contributed by atoms with E-state index in [0.29, 0.717) is 5.52 Å². The van der Waals surface area contributed by atoms with E-state index in [1.807, 2.05) is 0 Å². The Kier molecular flexibility index (Phi) is 4.06. The zero-order chi connectivity index (χ0) is 17.3. The number of halogens is 3. The topological polar surface area (TPSA) is 68.0 Å². The average molecular weight is 335 g/mol. The van der Waals surface area contributed by atoms with Gasteiger partial charge >= 0.3 is 6.18 Å². The summed E-state index contributed by atoms with van der Waals surface area (Å²) in [5.74, 6) is 0. The van der Waals surface area contributed by atoms with E-state index in [1.54, 1.807) is 24.3 Å². The van der Waals surface area contributed by atoms with Gasteiger partial charge < -0.3 is 5.11 Å². The number of fused-ring (bicyclic) bond motifs is 1. The Morgan fingerprint density at radius 3 is 2.50 bits per heavy atom. The normalized spacial score (nSPS) is 13.2. The van der Waals surface area contributed by atoms with E-state index < -0.39 is 29.9 Å². The highest BCUT2D eigenvalue weighted by molar-refractivity contribution is 5.76. The summed E-state index contributed by atoms with van der Waals surface area (Å²) in [4.78, 5) is 12.3. The molecule has 0 saturated heterocycles. The zero-order valence-corrected chi connectivity index (χ0v) is 12.2. The Hall–Kier alpha value is -2.74. The van der Waals surface area contributed by atoms with Crippen LogP contribution in [0.15, 0.2) is 53.3 Å². The van der Waals surface area contributed by atoms with Crippen LogP contribution >= 0.6 is 0 Å². The van der Waals surface area contributed by atoms with Crippen LogP contribution in [0.1, 0.15) is 17.2 Å². The van der Waals surface area contributed by atoms with Gasteiger partial charge in [0.05, 0.1) is 23.6 Å². The number of benzene rings is 2. The van der Waals surface area contributed by atoms with Crippen LogP contribution in [0.4, 0.5) is 13.2 Å². The van der Waals surface area contributed by atoms with Crippen LogP contribution in [0, 0.1) is 0 Å². The predicted octanol–water partition coefficient (Wildman–Crippen LogP) is 2.54. The van der Waals surface area contributed by atoms with E-state index >= 15 is 0 Å². The molecular weight excluding hydrogens is 323 g/mol. The van der Waals surface area contributed by atoms with Crippen LogP contribution in [-0.2, 0) is 12.7 Å². The molecule has 0 saturated carbocycles. The van der Waals surface area contributed by atoms with Crippen LogP contribution in [-0.4, -0.2) is 20.1 Å². The van der Waals surface area contributed by atoms with Gasteiger partial charge in [-0.1, -0.05) is 35.5 Å². The van der Waals surface area contributed by atoms with Crippen molar-refractivity contribution in [2.75, 3.05) is 0 Å². The number of aliphatic hydroxyl groups is 1. The van der Waals surface area contributed by atoms with Crippen LogP contribution in [0.5, 0.6) is 0 Å². The maximum Gasteiger partial charge on any atom is 0.416 e. The van der Waals surface area contributed by atoms with E-state index in [4.69, 9.17) is 0 Å². The van der Waals surface area contributed by atoms with Gasteiger partial charge in [0.25, 0.3) is 5.56 Å². The fraction of sp³-hybridized carbons (Fsp3) is 0.188. The molecule has 2 aromatic carbocycles. The van der Waals surface area contributed by atoms with Crippen molar-refractivity contribution >= 4 is 10.9 Å². The molecule has 0 radical (unpaired) electrons. The second-order valence-corrected chi connectivity index (χ2v) is 5.19. The highest BCUT2D eigenvalue weighted by Gasteiger charge is 2.34. The summed E-state index contributed by atoms with van der Waals surface area (Å²) in [5.41, 5.74) is -1.40. The molecule has 0 bridgehead atoms. The largest absolute Gasteiger partial charge is 0.416 e. The van der Waals surface area contributed by atoms with E-state index in [9.17, 15) is 23.1 Å². The third-order valence-corrected chi connectivity index (χ3v) is 3.60. The molecule has 124 valence electrons. The summed E-state index contributed by atoms with van der Waals surface area (Å²) < 4.78 is 39.9. The first-order valence-corrected chi connectivity index (χ1v) is 7.04. The molecule has 1 heterocycles. The standard InChI is InChI=1S/C16H12F3N3O2/c17-16(18,19)12-7-3-1-5-10(12)14(23)9-22-15(24)11-6-2-4-8-13(11)20-21-22/h1-8,14,23H,9H2/t14-/m1/s1. The fourth-order valence-corrected chi connectivity index (χ4v) is 2.45. The number of alkyl halides is 3. The molecule has 0 spiro atoms. The highest BCUT2D eigenvalue weighted by Crippen LogP contribution is 2.34. The molecule has 0 fully saturated rings. The lowest BCUT2D eigenvalue weighted by molar-refractivity contribution is -0.139. The third kappa shape index (κ3) is 3.00. The monoisotopic (exact) mass is 335 g/mol. The summed E-state index contributed by atoms with van der Waals surface area (Å²) in [5, 5.41) is 18.0. The third-order valence-electron chi connectivity index (χ3n) is 3.60. The van der Waals surface area contributed by atoms with Crippen LogP contribution in [0.3, 0.4) is 0 Å². The van der Waals surface area contributed by atoms with Crippen molar-refractivity contribution in [3.63, 3.8) is 0 Å². The van der Waals surface area contributed by atoms with Gasteiger partial charge in [0.1, 0.15) is 5.52 Å². The molecule has 1 aromatic heterocycles. The molecule has 0 unspecified atom stereocenters. The van der Waals surface area contributed by atoms with Crippen LogP contribution < -0.4 is 5.56 Å². The van der Waals surface area contributed by atoms with Crippen molar-refractivity contribution in [3.8, 4) is 0 Å². The molecule has 5 nitrogen and oxygen atoms in total. The van der Waals surface area contributed by atoms with Gasteiger partial charge in [-0.25, -0.2) is 4.68 Å². The fourth-order valence-electron chi connectivity index (χ4n) is 2.45. The van der Waals surface area contributed by atoms with Crippen molar-refractivity contribution in [3.05, 3.63) is 70.0 Å². The van der Waals surface area contributed by atoms with Crippen LogP contribution in [0.25, 0.3) is 10.9 Å². The number of nitrogens with zero attached hydrogens (tertiary/aromatic N) is 3. The van der Waals surface area contributed by atoms with Crippen molar-refractivity contribution in [1.29, 1.82) is 0 Å². The predicted molar refractivity (Wildman–Crippen MR) is 80.2 cm³/mol. The molecule has 1 N–H and O–H groups in total. The van der Waals surface area contributed by atoms with Crippen LogP contribution in [0.2, 0.25) is 0 Å². The van der Waals surface area contributed by atoms with E-state index in [-0.39, 0.29) is 10.9 Å². The maximum atomic E-state index is 13.0. The first-order valence-electron chi connectivity index (χ1n) is 7.04. The Balaban J connectivity index is 1.98. The second kappa shape index (κ2) is 6.04. The van der Waals surface area contributed by atoms with Gasteiger partial charge in [0.15, 0.2) is 0 Å². The summed E-state index contributed by atoms with van der Waals surface area (Å²) in [6, 6.07) is 11.2. The minimum atomic E-state index is -4.60. The van der Waals surface area contributed by atoms with E-state index in [1.165, 1.54) is 18.2 Å². The lowest BCUT2D eigenvalue weighted by atomic mass is 10.0. The maximum absolute atomic E-state index is 13.0. The lowest BCUT2D eigenvalue weighted by Gasteiger charge is -2.17. The first kappa shape index (κ1) is 16.1. The van der Waals surface area contributed by atoms with Gasteiger partial charge in [0.2, 0.25) is 0 Å². The van der Waals surface area contributed by atoms with Gasteiger partial charge in [-0.05, 0) is 23.8 Å². The van der Waals surface area contributed by atoms with Crippen molar-refractivity contribution in [2.24, 2.45) is 0 Å². The summed E-state index contributed by atoms with van der Waals surface area (Å²) in [6.45, 7) is -0.427. The molecule has 3 rings (SSSR count). The number of aliphatic hydroxyl groups excluding tert-OH is 1. The Bertz CT molecular complexity index is 937. The quantitative estimate of drug-likeness (QED) is 0.799. The smallest absolute Gasteiger partial charge is 0.386 e. The Morgan fingerprint density at radius 1 is 1.08 bits per heavy atom. The molecule has 0 aliphatic heterocycles. The number of hydrogen-bond acceptors (Lipinski definition) is 4. The molecule has 1 atom stereocenters. The highest BCUT2D eigenvalue weighted by atomic mass is 19.4. The van der Waals surface area contributed by atoms with Crippen molar-refractivity contribution in [2.45, 2.75) is 18.8 Å². The molecule has 3 aromatic rings. The summed E-state index contributed by atoms with van der Waals surface area (Å²) in [6.07, 6.45) is -6.14. The summed E-state index contributed by atoms with van der Waals surface area (Å²) >= 11 is 0. The lowest BCUT2D eigenvalue weighted by Crippen LogP contribution is -2.27. The second-order valence-electron chi connectivity index (χ2n) is 5.19.